The summed E-state index contributed by atoms with van der Waals surface area (Å²) in [5.74, 6) is -0.974. The summed E-state index contributed by atoms with van der Waals surface area (Å²) in [4.78, 5) is 37.6. The van der Waals surface area contributed by atoms with Crippen molar-refractivity contribution in [1.29, 1.82) is 0 Å². The Morgan fingerprint density at radius 2 is 1.10 bits per heavy atom. The smallest absolute Gasteiger partial charge is 0.306 e. The molecule has 0 aliphatic rings. The number of unbranched alkanes of at least 4 members (excludes halogenated alkanes) is 5. The number of ether oxygens (including phenoxy) is 2. The van der Waals surface area contributed by atoms with E-state index in [0.717, 1.165) is 89.9 Å². The first-order valence-electron chi connectivity index (χ1n) is 22.7. The summed E-state index contributed by atoms with van der Waals surface area (Å²) in [5, 5.41) is 9.82. The first-order chi connectivity index (χ1) is 29.4. The molecule has 1 unspecified atom stereocenters. The van der Waals surface area contributed by atoms with Crippen LogP contribution in [0.15, 0.2) is 109 Å². The molecule has 0 saturated carbocycles. The minimum absolute atomic E-state index is 0.0597. The van der Waals surface area contributed by atoms with Crippen LogP contribution in [0.1, 0.15) is 136 Å². The molecule has 0 radical (unpaired) electrons. The molecule has 0 aromatic rings. The molecule has 0 aromatic carbocycles. The zero-order valence-corrected chi connectivity index (χ0v) is 39.3. The van der Waals surface area contributed by atoms with Crippen LogP contribution in [0.3, 0.4) is 0 Å². The molecule has 0 aromatic heterocycles. The summed E-state index contributed by atoms with van der Waals surface area (Å²) in [6.07, 6.45) is 51.7. The summed E-state index contributed by atoms with van der Waals surface area (Å²) in [6.45, 7) is 3.81. The number of hydrogen-bond acceptors (Lipinski definition) is 9. The number of carbonyl (C=O) groups excluding carboxylic acids is 2. The molecule has 61 heavy (non-hydrogen) atoms. The molecule has 1 N–H and O–H groups in total. The maximum atomic E-state index is 12.7. The number of nitrogens with zero attached hydrogens (tertiary/aromatic N) is 1. The number of likely N-dealkylation sites (N-methyl/N-ethyl adjacent to an activating group) is 1. The van der Waals surface area contributed by atoms with Crippen molar-refractivity contribution in [3.63, 3.8) is 0 Å². The van der Waals surface area contributed by atoms with E-state index in [-0.39, 0.29) is 32.2 Å². The topological polar surface area (TPSA) is 131 Å². The van der Waals surface area contributed by atoms with Gasteiger partial charge in [0.1, 0.15) is 19.8 Å². The number of hydrogen-bond donors (Lipinski definition) is 1. The van der Waals surface area contributed by atoms with Crippen molar-refractivity contribution < 1.29 is 47.2 Å². The van der Waals surface area contributed by atoms with Crippen molar-refractivity contribution in [2.75, 3.05) is 47.5 Å². The predicted octanol–water partition coefficient (Wildman–Crippen LogP) is 11.5. The second-order valence-electron chi connectivity index (χ2n) is 15.8. The Kier molecular flexibility index (Phi) is 38.4. The van der Waals surface area contributed by atoms with E-state index in [2.05, 4.69) is 98.9 Å². The van der Waals surface area contributed by atoms with Gasteiger partial charge in [0.05, 0.1) is 33.9 Å². The quantitative estimate of drug-likeness (QED) is 0.0211. The van der Waals surface area contributed by atoms with Crippen molar-refractivity contribution in [3.8, 4) is 0 Å². The highest BCUT2D eigenvalue weighted by molar-refractivity contribution is 7.45. The van der Waals surface area contributed by atoms with Crippen LogP contribution in [0.2, 0.25) is 0 Å². The van der Waals surface area contributed by atoms with Crippen LogP contribution in [0, 0.1) is 0 Å². The molecule has 0 spiro atoms. The summed E-state index contributed by atoms with van der Waals surface area (Å²) < 4.78 is 33.8. The molecule has 3 atom stereocenters. The van der Waals surface area contributed by atoms with Gasteiger partial charge in [0, 0.05) is 12.8 Å². The van der Waals surface area contributed by atoms with E-state index in [1.54, 1.807) is 0 Å². The van der Waals surface area contributed by atoms with Crippen LogP contribution in [0.5, 0.6) is 0 Å². The Morgan fingerprint density at radius 3 is 1.62 bits per heavy atom. The van der Waals surface area contributed by atoms with Crippen molar-refractivity contribution in [2.45, 2.75) is 148 Å². The van der Waals surface area contributed by atoms with E-state index in [1.165, 1.54) is 0 Å². The van der Waals surface area contributed by atoms with Crippen LogP contribution < -0.4 is 4.89 Å². The summed E-state index contributed by atoms with van der Waals surface area (Å²) >= 11 is 0. The average Bonchev–Trinajstić information content (AvgIpc) is 3.21. The van der Waals surface area contributed by atoms with Crippen LogP contribution >= 0.6 is 7.82 Å². The van der Waals surface area contributed by atoms with E-state index in [0.29, 0.717) is 30.3 Å². The van der Waals surface area contributed by atoms with Gasteiger partial charge in [-0.25, -0.2) is 0 Å². The van der Waals surface area contributed by atoms with Gasteiger partial charge in [0.25, 0.3) is 7.82 Å². The minimum atomic E-state index is -4.67. The van der Waals surface area contributed by atoms with Gasteiger partial charge in [-0.05, 0) is 89.9 Å². The maximum absolute atomic E-state index is 12.7. The number of allylic oxidation sites excluding steroid dienone is 17. The number of quaternary nitrogens is 1. The number of rotatable bonds is 39. The summed E-state index contributed by atoms with van der Waals surface area (Å²) in [6, 6.07) is 0. The SMILES string of the molecule is CC/C=C\C/C=C\C/C=C\C/C=C\C/C=C\CCCCCC(=O)O[C@H](COC(=O)CCC/C=C\C/C=C\C/C=C\C/C=C\[C@@H](O)CCCC)COP(=O)([O-])OCC[N+](C)(C)C. The van der Waals surface area contributed by atoms with Crippen LogP contribution in [-0.2, 0) is 32.7 Å². The highest BCUT2D eigenvalue weighted by atomic mass is 31.2. The molecule has 0 amide bonds. The Hall–Kier alpha value is -3.37. The lowest BCUT2D eigenvalue weighted by Gasteiger charge is -2.28. The molecule has 11 heteroatoms. The van der Waals surface area contributed by atoms with E-state index in [1.807, 2.05) is 45.4 Å². The van der Waals surface area contributed by atoms with Gasteiger partial charge in [-0.15, -0.1) is 0 Å². The molecule has 0 bridgehead atoms. The van der Waals surface area contributed by atoms with Crippen molar-refractivity contribution in [2.24, 2.45) is 0 Å². The fraction of sp³-hybridized carbons (Fsp3) is 0.600. The van der Waals surface area contributed by atoms with E-state index in [4.69, 9.17) is 18.5 Å². The van der Waals surface area contributed by atoms with Gasteiger partial charge in [-0.1, -0.05) is 142 Å². The summed E-state index contributed by atoms with van der Waals surface area (Å²) in [7, 11) is 1.07. The third-order valence-electron chi connectivity index (χ3n) is 8.85. The first kappa shape index (κ1) is 57.6. The van der Waals surface area contributed by atoms with Gasteiger partial charge in [-0.2, -0.15) is 0 Å². The minimum Gasteiger partial charge on any atom is -0.756 e. The van der Waals surface area contributed by atoms with E-state index in [9.17, 15) is 24.2 Å². The van der Waals surface area contributed by atoms with Gasteiger partial charge < -0.3 is 33.0 Å². The molecule has 0 fully saturated rings. The second-order valence-corrected chi connectivity index (χ2v) is 17.3. The largest absolute Gasteiger partial charge is 0.756 e. The van der Waals surface area contributed by atoms with E-state index < -0.39 is 32.5 Å². The van der Waals surface area contributed by atoms with Crippen LogP contribution in [-0.4, -0.2) is 81.2 Å². The Labute approximate surface area is 370 Å². The van der Waals surface area contributed by atoms with Crippen molar-refractivity contribution >= 4 is 19.8 Å². The third kappa shape index (κ3) is 44.5. The zero-order valence-electron chi connectivity index (χ0n) is 38.4. The Morgan fingerprint density at radius 1 is 0.607 bits per heavy atom. The number of aliphatic hydroxyl groups is 1. The molecule has 0 rings (SSSR count). The number of phosphoric ester groups is 1. The van der Waals surface area contributed by atoms with Gasteiger partial charge in [-0.3, -0.25) is 14.2 Å². The zero-order chi connectivity index (χ0) is 45.1. The summed E-state index contributed by atoms with van der Waals surface area (Å²) in [5.41, 5.74) is 0. The molecule has 346 valence electrons. The third-order valence-corrected chi connectivity index (χ3v) is 9.81. The number of aliphatic hydroxyl groups excluding tert-OH is 1. The van der Waals surface area contributed by atoms with Crippen molar-refractivity contribution in [1.82, 2.24) is 0 Å². The fourth-order valence-corrected chi connectivity index (χ4v) is 6.01. The number of phosphoric acid groups is 1. The van der Waals surface area contributed by atoms with Crippen LogP contribution in [0.4, 0.5) is 0 Å². The average molecular weight is 872 g/mol. The van der Waals surface area contributed by atoms with Gasteiger partial charge in [0.15, 0.2) is 6.10 Å². The second kappa shape index (κ2) is 40.7. The first-order valence-corrected chi connectivity index (χ1v) is 24.1. The molecule has 0 saturated heterocycles. The number of esters is 2. The predicted molar refractivity (Wildman–Crippen MR) is 251 cm³/mol. The lowest BCUT2D eigenvalue weighted by atomic mass is 10.1. The number of carbonyl (C=O) groups is 2. The Bertz CT molecular complexity index is 1420. The standard InChI is InChI=1S/C50H82NO9P/c1-6-8-10-11-12-13-14-15-16-17-18-19-20-21-26-29-32-35-38-42-50(54)60-48(46-59-61(55,56)58-44-43-51(3,4)5)45-57-49(53)41-37-34-31-28-25-23-22-24-27-30-33-36-40-47(52)39-9-7-2/h8,10,12-13,15-16,18-19,21-23,26-28,30-31,36,40,47-48,52H,6-7,9,11,14,17,20,24-25,29,32-35,37-39,41-46H2,1-5H3/b10-8-,13-12-,16-15-,19-18-,23-22-,26-21-,30-27-,31-28-,40-36-/t47-,48+/m0/s1. The molecular formula is C50H82NO9P. The molecule has 0 heterocycles. The Balaban J connectivity index is 4.55. The molecule has 0 aliphatic carbocycles. The lowest BCUT2D eigenvalue weighted by Crippen LogP contribution is -2.37. The van der Waals surface area contributed by atoms with Crippen LogP contribution in [0.25, 0.3) is 0 Å². The normalized spacial score (nSPS) is 15.1. The van der Waals surface area contributed by atoms with Gasteiger partial charge >= 0.3 is 11.9 Å². The fourth-order valence-electron chi connectivity index (χ4n) is 5.28. The van der Waals surface area contributed by atoms with Gasteiger partial charge in [0.2, 0.25) is 0 Å². The lowest BCUT2D eigenvalue weighted by molar-refractivity contribution is -0.870. The highest BCUT2D eigenvalue weighted by Gasteiger charge is 2.21. The molecule has 10 nitrogen and oxygen atoms in total. The van der Waals surface area contributed by atoms with Crippen molar-refractivity contribution in [3.05, 3.63) is 109 Å². The maximum Gasteiger partial charge on any atom is 0.306 e. The highest BCUT2D eigenvalue weighted by Crippen LogP contribution is 2.38. The molecule has 0 aliphatic heterocycles. The molecular weight excluding hydrogens is 790 g/mol. The van der Waals surface area contributed by atoms with E-state index >= 15 is 0 Å². The monoisotopic (exact) mass is 872 g/mol.